The van der Waals surface area contributed by atoms with E-state index in [0.29, 0.717) is 0 Å². The normalized spacial score (nSPS) is 15.0. The largest absolute Gasteiger partial charge is 0.392 e. The number of allylic oxidation sites excluding steroid dienone is 19. The van der Waals surface area contributed by atoms with E-state index in [0.717, 1.165) is 63.4 Å². The van der Waals surface area contributed by atoms with Crippen LogP contribution in [0, 0.1) is 0 Å². The van der Waals surface area contributed by atoms with Crippen LogP contribution in [0.2, 0.25) is 0 Å². The van der Waals surface area contributed by atoms with Gasteiger partial charge in [-0.3, -0.25) is 0 Å². The fourth-order valence-electron chi connectivity index (χ4n) is 4.16. The van der Waals surface area contributed by atoms with Crippen LogP contribution in [0.25, 0.3) is 0 Å². The predicted octanol–water partition coefficient (Wildman–Crippen LogP) is 12.6. The molecule has 0 rings (SSSR count). The van der Waals surface area contributed by atoms with E-state index in [2.05, 4.69) is 128 Å². The molecular formula is C40H62O. The van der Waals surface area contributed by atoms with Crippen LogP contribution in [-0.4, -0.2) is 11.7 Å². The van der Waals surface area contributed by atoms with Crippen LogP contribution >= 0.6 is 0 Å². The molecule has 0 aromatic rings. The first kappa shape index (κ1) is 38.4. The minimum Gasteiger partial charge on any atom is -0.392 e. The summed E-state index contributed by atoms with van der Waals surface area (Å²) in [6.07, 6.45) is 38.0. The lowest BCUT2D eigenvalue weighted by molar-refractivity contribution is 0.331. The second-order valence-corrected chi connectivity index (χ2v) is 12.0. The maximum atomic E-state index is 9.07. The van der Waals surface area contributed by atoms with Crippen molar-refractivity contribution < 1.29 is 5.11 Å². The van der Waals surface area contributed by atoms with Crippen LogP contribution in [0.15, 0.2) is 117 Å². The Balaban J connectivity index is 4.39. The first-order valence-electron chi connectivity index (χ1n) is 15.7. The average Bonchev–Trinajstić information content (AvgIpc) is 2.90. The van der Waals surface area contributed by atoms with Gasteiger partial charge in [-0.2, -0.15) is 0 Å². The van der Waals surface area contributed by atoms with Crippen LogP contribution in [0.3, 0.4) is 0 Å². The smallest absolute Gasteiger partial charge is 0.0639 e. The summed E-state index contributed by atoms with van der Waals surface area (Å²) in [5, 5.41) is 9.07. The zero-order valence-corrected chi connectivity index (χ0v) is 28.2. The second-order valence-electron chi connectivity index (χ2n) is 12.0. The zero-order chi connectivity index (χ0) is 30.9. The molecule has 0 aromatic carbocycles. The van der Waals surface area contributed by atoms with Crippen LogP contribution in [0.1, 0.15) is 127 Å². The van der Waals surface area contributed by atoms with Crippen molar-refractivity contribution in [2.75, 3.05) is 6.61 Å². The third kappa shape index (κ3) is 26.0. The summed E-state index contributed by atoms with van der Waals surface area (Å²) >= 11 is 0. The SMILES string of the molecule is CC(C)=CCC/C(C)=C/CC/C(C)=C/C=C/C(C)=C/C=C/C=C(\C)CC/C=C(\C)CC/C=C(\C)CC/C=C(\C)CO. The average molecular weight is 559 g/mol. The number of hydrogen-bond donors (Lipinski definition) is 1. The molecule has 0 aliphatic rings. The van der Waals surface area contributed by atoms with Crippen LogP contribution in [0.5, 0.6) is 0 Å². The van der Waals surface area contributed by atoms with E-state index in [1.807, 2.05) is 6.92 Å². The highest BCUT2D eigenvalue weighted by molar-refractivity contribution is 5.27. The summed E-state index contributed by atoms with van der Waals surface area (Å²) in [6.45, 7) is 19.8. The molecule has 0 spiro atoms. The molecule has 41 heavy (non-hydrogen) atoms. The van der Waals surface area contributed by atoms with E-state index < -0.39 is 0 Å². The molecule has 0 bridgehead atoms. The summed E-state index contributed by atoms with van der Waals surface area (Å²) in [7, 11) is 0. The molecule has 0 saturated carbocycles. The minimum atomic E-state index is 0.167. The van der Waals surface area contributed by atoms with Gasteiger partial charge < -0.3 is 5.11 Å². The summed E-state index contributed by atoms with van der Waals surface area (Å²) in [4.78, 5) is 0. The monoisotopic (exact) mass is 558 g/mol. The Kier molecular flexibility index (Phi) is 23.5. The first-order chi connectivity index (χ1) is 19.5. The van der Waals surface area contributed by atoms with E-state index in [9.17, 15) is 0 Å². The Bertz CT molecular complexity index is 1040. The Labute approximate surface area is 255 Å². The lowest BCUT2D eigenvalue weighted by atomic mass is 10.0. The molecule has 0 amide bonds. The van der Waals surface area contributed by atoms with E-state index >= 15 is 0 Å². The Morgan fingerprint density at radius 3 is 1.22 bits per heavy atom. The molecule has 0 aliphatic heterocycles. The van der Waals surface area contributed by atoms with Crippen molar-refractivity contribution in [3.63, 3.8) is 0 Å². The van der Waals surface area contributed by atoms with Crippen molar-refractivity contribution in [1.29, 1.82) is 0 Å². The van der Waals surface area contributed by atoms with E-state index in [1.165, 1.54) is 45.4 Å². The lowest BCUT2D eigenvalue weighted by Gasteiger charge is -2.02. The maximum absolute atomic E-state index is 9.07. The van der Waals surface area contributed by atoms with E-state index in [-0.39, 0.29) is 6.61 Å². The molecule has 0 aromatic heterocycles. The molecule has 228 valence electrons. The molecule has 0 atom stereocenters. The van der Waals surface area contributed by atoms with Crippen LogP contribution < -0.4 is 0 Å². The summed E-state index contributed by atoms with van der Waals surface area (Å²) < 4.78 is 0. The third-order valence-electron chi connectivity index (χ3n) is 7.06. The van der Waals surface area contributed by atoms with Gasteiger partial charge in [-0.05, 0) is 127 Å². The van der Waals surface area contributed by atoms with Gasteiger partial charge in [0.15, 0.2) is 0 Å². The van der Waals surface area contributed by atoms with Crippen molar-refractivity contribution in [3.05, 3.63) is 117 Å². The van der Waals surface area contributed by atoms with E-state index in [4.69, 9.17) is 5.11 Å². The van der Waals surface area contributed by atoms with Gasteiger partial charge >= 0.3 is 0 Å². The number of aliphatic hydroxyl groups is 1. The summed E-state index contributed by atoms with van der Waals surface area (Å²) in [6, 6.07) is 0. The van der Waals surface area contributed by atoms with Gasteiger partial charge in [0.2, 0.25) is 0 Å². The summed E-state index contributed by atoms with van der Waals surface area (Å²) in [5.41, 5.74) is 11.0. The highest BCUT2D eigenvalue weighted by Crippen LogP contribution is 2.14. The summed E-state index contributed by atoms with van der Waals surface area (Å²) in [5.74, 6) is 0. The number of aliphatic hydroxyl groups excluding tert-OH is 1. The van der Waals surface area contributed by atoms with E-state index in [1.54, 1.807) is 0 Å². The maximum Gasteiger partial charge on any atom is 0.0639 e. The van der Waals surface area contributed by atoms with Crippen molar-refractivity contribution in [2.45, 2.75) is 127 Å². The van der Waals surface area contributed by atoms with Crippen LogP contribution in [-0.2, 0) is 0 Å². The molecular weight excluding hydrogens is 496 g/mol. The molecule has 0 unspecified atom stereocenters. The van der Waals surface area contributed by atoms with Crippen molar-refractivity contribution in [3.8, 4) is 0 Å². The van der Waals surface area contributed by atoms with Crippen molar-refractivity contribution >= 4 is 0 Å². The third-order valence-corrected chi connectivity index (χ3v) is 7.06. The topological polar surface area (TPSA) is 20.2 Å². The second kappa shape index (κ2) is 25.1. The van der Waals surface area contributed by atoms with Crippen LogP contribution in [0.4, 0.5) is 0 Å². The zero-order valence-electron chi connectivity index (χ0n) is 28.2. The highest BCUT2D eigenvalue weighted by atomic mass is 16.3. The minimum absolute atomic E-state index is 0.167. The highest BCUT2D eigenvalue weighted by Gasteiger charge is 1.94. The molecule has 1 nitrogen and oxygen atoms in total. The number of rotatable bonds is 20. The molecule has 1 N–H and O–H groups in total. The standard InChI is InChI=1S/C40H62O/c1-33(2)18-12-21-36(5)24-15-27-37(6)25-13-22-34(3)19-10-11-20-35(4)23-14-26-38(7)28-16-29-39(8)30-17-31-40(9)32-41/h10-11,13,18-20,22,24-26,29,31,41H,12,14-17,21,23,27-28,30,32H2,1-9H3/b11-10+,22-13+,34-19+,35-20+,36-24+,37-25+,38-26+,39-29+,40-31+. The number of hydrogen-bond acceptors (Lipinski definition) is 1. The van der Waals surface area contributed by atoms with Crippen molar-refractivity contribution in [2.24, 2.45) is 0 Å². The first-order valence-corrected chi connectivity index (χ1v) is 15.7. The quantitative estimate of drug-likeness (QED) is 0.116. The Morgan fingerprint density at radius 2 is 0.780 bits per heavy atom. The predicted molar refractivity (Wildman–Crippen MR) is 187 cm³/mol. The van der Waals surface area contributed by atoms with Gasteiger partial charge in [-0.15, -0.1) is 0 Å². The van der Waals surface area contributed by atoms with Gasteiger partial charge in [-0.1, -0.05) is 117 Å². The Morgan fingerprint density at radius 1 is 0.415 bits per heavy atom. The molecule has 0 fully saturated rings. The van der Waals surface area contributed by atoms with Gasteiger partial charge in [0.1, 0.15) is 0 Å². The van der Waals surface area contributed by atoms with Gasteiger partial charge in [0, 0.05) is 0 Å². The van der Waals surface area contributed by atoms with Crippen molar-refractivity contribution in [1.82, 2.24) is 0 Å². The fourth-order valence-corrected chi connectivity index (χ4v) is 4.16. The fraction of sp³-hybridized carbons (Fsp3) is 0.500. The Hall–Kier alpha value is -2.64. The molecule has 0 saturated heterocycles. The molecule has 0 heterocycles. The lowest BCUT2D eigenvalue weighted by Crippen LogP contribution is -1.85. The van der Waals surface area contributed by atoms with Gasteiger partial charge in [-0.25, -0.2) is 0 Å². The molecule has 0 aliphatic carbocycles. The van der Waals surface area contributed by atoms with Gasteiger partial charge in [0.05, 0.1) is 6.61 Å². The molecule has 1 heteroatoms. The van der Waals surface area contributed by atoms with Gasteiger partial charge in [0.25, 0.3) is 0 Å². The molecule has 0 radical (unpaired) electrons.